The fraction of sp³-hybridized carbons (Fsp3) is 0.308. The number of nitrogens with one attached hydrogen (secondary N) is 1. The lowest BCUT2D eigenvalue weighted by molar-refractivity contribution is 0.120. The van der Waals surface area contributed by atoms with Crippen molar-refractivity contribution in [3.05, 3.63) is 59.5 Å². The molecule has 3 fully saturated rings. The van der Waals surface area contributed by atoms with Crippen LogP contribution in [0.2, 0.25) is 5.02 Å². The first kappa shape index (κ1) is 22.1. The first-order valence-corrected chi connectivity index (χ1v) is 12.0. The van der Waals surface area contributed by atoms with Gasteiger partial charge in [-0.05, 0) is 47.5 Å². The van der Waals surface area contributed by atoms with Crippen LogP contribution in [0.1, 0.15) is 0 Å². The highest BCUT2D eigenvalue weighted by Gasteiger charge is 2.48. The number of pyridine rings is 1. The summed E-state index contributed by atoms with van der Waals surface area (Å²) in [5.41, 5.74) is 2.92. The number of hydrogen-bond donors (Lipinski definition) is 2. The van der Waals surface area contributed by atoms with Gasteiger partial charge in [-0.15, -0.1) is 0 Å². The van der Waals surface area contributed by atoms with E-state index in [2.05, 4.69) is 15.2 Å². The zero-order chi connectivity index (χ0) is 24.3. The number of rotatable bonds is 4. The molecule has 0 atom stereocenters. The van der Waals surface area contributed by atoms with Gasteiger partial charge in [0.2, 0.25) is 0 Å². The van der Waals surface area contributed by atoms with Crippen molar-refractivity contribution in [1.82, 2.24) is 15.2 Å². The first-order valence-electron chi connectivity index (χ1n) is 11.6. The van der Waals surface area contributed by atoms with Crippen LogP contribution < -0.4 is 15.1 Å². The van der Waals surface area contributed by atoms with Crippen molar-refractivity contribution in [3.63, 3.8) is 0 Å². The number of hydrogen-bond acceptors (Lipinski definition) is 5. The Balaban J connectivity index is 1.32. The number of phenolic OH excluding ortho intramolecular Hbond substituents is 1. The monoisotopic (exact) mass is 493 g/mol. The van der Waals surface area contributed by atoms with Crippen LogP contribution in [0.25, 0.3) is 22.3 Å². The molecule has 4 heterocycles. The molecular weight excluding hydrogens is 469 g/mol. The van der Waals surface area contributed by atoms with E-state index in [4.69, 9.17) is 11.6 Å². The van der Waals surface area contributed by atoms with E-state index in [-0.39, 0.29) is 11.8 Å². The van der Waals surface area contributed by atoms with Crippen molar-refractivity contribution in [2.45, 2.75) is 0 Å². The molecule has 2 amide bonds. The topological polar surface area (TPSA) is 71.9 Å². The van der Waals surface area contributed by atoms with E-state index in [0.717, 1.165) is 32.0 Å². The summed E-state index contributed by atoms with van der Waals surface area (Å²) in [5.74, 6) is 0.316. The van der Waals surface area contributed by atoms with Crippen LogP contribution in [-0.2, 0) is 0 Å². The highest BCUT2D eigenvalue weighted by atomic mass is 35.5. The molecule has 0 bridgehead atoms. The zero-order valence-electron chi connectivity index (χ0n) is 19.3. The molecule has 2 N–H and O–H groups in total. The lowest BCUT2D eigenvalue weighted by atomic mass is 9.74. The number of phenols is 1. The van der Waals surface area contributed by atoms with E-state index in [1.54, 1.807) is 47.3 Å². The Morgan fingerprint density at radius 3 is 2.37 bits per heavy atom. The van der Waals surface area contributed by atoms with Gasteiger partial charge in [0.15, 0.2) is 0 Å². The minimum absolute atomic E-state index is 0.0346. The summed E-state index contributed by atoms with van der Waals surface area (Å²) < 4.78 is 14.8. The summed E-state index contributed by atoms with van der Waals surface area (Å²) in [5, 5.41) is 14.9. The van der Waals surface area contributed by atoms with Crippen molar-refractivity contribution < 1.29 is 14.3 Å². The number of carbonyl (C=O) groups excluding carboxylic acids is 1. The predicted molar refractivity (Wildman–Crippen MR) is 135 cm³/mol. The van der Waals surface area contributed by atoms with Gasteiger partial charge in [-0.2, -0.15) is 0 Å². The second-order valence-corrected chi connectivity index (χ2v) is 10.1. The fourth-order valence-corrected chi connectivity index (χ4v) is 5.47. The lowest BCUT2D eigenvalue weighted by Crippen LogP contribution is -2.71. The molecule has 3 aliphatic heterocycles. The number of anilines is 2. The van der Waals surface area contributed by atoms with E-state index >= 15 is 0 Å². The molecule has 6 rings (SSSR count). The Morgan fingerprint density at radius 2 is 1.77 bits per heavy atom. The number of amides is 2. The molecular formula is C26H25ClFN5O2. The Kier molecular flexibility index (Phi) is 5.12. The molecule has 1 spiro atoms. The van der Waals surface area contributed by atoms with Gasteiger partial charge in [0.05, 0.1) is 10.7 Å². The Morgan fingerprint density at radius 1 is 1.06 bits per heavy atom. The van der Waals surface area contributed by atoms with E-state index in [1.165, 1.54) is 12.1 Å². The van der Waals surface area contributed by atoms with E-state index in [1.807, 2.05) is 6.07 Å². The summed E-state index contributed by atoms with van der Waals surface area (Å²) in [6.45, 7) is 5.10. The maximum absolute atomic E-state index is 14.8. The Bertz CT molecular complexity index is 1340. The minimum Gasteiger partial charge on any atom is -0.507 e. The summed E-state index contributed by atoms with van der Waals surface area (Å²) in [4.78, 5) is 22.3. The van der Waals surface area contributed by atoms with Gasteiger partial charge < -0.3 is 20.2 Å². The maximum Gasteiger partial charge on any atom is 0.324 e. The van der Waals surface area contributed by atoms with Crippen LogP contribution in [0.5, 0.6) is 5.75 Å². The molecule has 3 aromatic rings. The molecule has 0 aliphatic carbocycles. The van der Waals surface area contributed by atoms with Crippen LogP contribution in [0.4, 0.5) is 20.7 Å². The van der Waals surface area contributed by atoms with Gasteiger partial charge in [0.25, 0.3) is 0 Å². The quantitative estimate of drug-likeness (QED) is 0.570. The molecule has 0 radical (unpaired) electrons. The minimum atomic E-state index is -0.467. The molecule has 180 valence electrons. The molecule has 3 aliphatic rings. The highest BCUT2D eigenvalue weighted by molar-refractivity contribution is 6.34. The van der Waals surface area contributed by atoms with Gasteiger partial charge in [-0.1, -0.05) is 17.7 Å². The zero-order valence-corrected chi connectivity index (χ0v) is 20.0. The average molecular weight is 494 g/mol. The molecule has 1 aromatic heterocycles. The number of benzene rings is 2. The van der Waals surface area contributed by atoms with Crippen LogP contribution in [0.15, 0.2) is 48.7 Å². The van der Waals surface area contributed by atoms with Gasteiger partial charge in [-0.25, -0.2) is 14.2 Å². The number of nitrogens with zero attached hydrogens (tertiary/aromatic N) is 4. The molecule has 9 heteroatoms. The van der Waals surface area contributed by atoms with Crippen molar-refractivity contribution in [2.24, 2.45) is 5.41 Å². The normalized spacial score (nSPS) is 18.7. The Labute approximate surface area is 207 Å². The van der Waals surface area contributed by atoms with Crippen molar-refractivity contribution in [3.8, 4) is 28.0 Å². The second-order valence-electron chi connectivity index (χ2n) is 9.73. The van der Waals surface area contributed by atoms with Crippen molar-refractivity contribution in [2.75, 3.05) is 56.1 Å². The maximum atomic E-state index is 14.8. The third kappa shape index (κ3) is 3.68. The van der Waals surface area contributed by atoms with Gasteiger partial charge in [-0.3, -0.25) is 4.90 Å². The van der Waals surface area contributed by atoms with E-state index < -0.39 is 5.82 Å². The molecule has 7 nitrogen and oxygen atoms in total. The van der Waals surface area contributed by atoms with E-state index in [0.29, 0.717) is 51.5 Å². The molecule has 0 unspecified atom stereocenters. The number of likely N-dealkylation sites (N-methyl/N-ethyl adjacent to an activating group) is 1. The summed E-state index contributed by atoms with van der Waals surface area (Å²) in [6.07, 6.45) is 1.69. The third-order valence-electron chi connectivity index (χ3n) is 7.27. The first-order chi connectivity index (χ1) is 16.8. The van der Waals surface area contributed by atoms with Crippen LogP contribution in [0, 0.1) is 11.2 Å². The smallest absolute Gasteiger partial charge is 0.324 e. The Hall–Kier alpha value is -3.36. The number of urea groups is 1. The van der Waals surface area contributed by atoms with E-state index in [9.17, 15) is 14.3 Å². The lowest BCUT2D eigenvalue weighted by Gasteiger charge is -2.56. The van der Waals surface area contributed by atoms with Crippen LogP contribution in [0.3, 0.4) is 0 Å². The molecule has 35 heavy (non-hydrogen) atoms. The standard InChI is InChI=1S/C26H25ClFN5O2/c1-31-6-7-33(25(31)35)22-3-2-16(8-21(22)27)19-10-18(28)11-20(24(19)34)17-4-5-30-23(9-17)32-14-26(15-32)12-29-13-26/h2-5,8-11,29,34H,6-7,12-15H2,1H3. The van der Waals surface area contributed by atoms with Crippen LogP contribution in [-0.4, -0.2) is 67.3 Å². The molecule has 3 saturated heterocycles. The predicted octanol–water partition coefficient (Wildman–Crippen LogP) is 4.20. The molecule has 0 saturated carbocycles. The van der Waals surface area contributed by atoms with Gasteiger partial charge in [0.1, 0.15) is 17.4 Å². The summed E-state index contributed by atoms with van der Waals surface area (Å²) in [7, 11) is 1.74. The number of aromatic nitrogens is 1. The molecule has 2 aromatic carbocycles. The van der Waals surface area contributed by atoms with Crippen LogP contribution >= 0.6 is 11.6 Å². The number of aromatic hydroxyl groups is 1. The average Bonchev–Trinajstić information content (AvgIpc) is 3.11. The SMILES string of the molecule is CN1CCN(c2ccc(-c3cc(F)cc(-c4ccnc(N5CC6(CNC6)C5)c4)c3O)cc2Cl)C1=O. The third-order valence-corrected chi connectivity index (χ3v) is 7.58. The largest absolute Gasteiger partial charge is 0.507 e. The van der Waals surface area contributed by atoms with Crippen molar-refractivity contribution >= 4 is 29.1 Å². The fourth-order valence-electron chi connectivity index (χ4n) is 5.19. The summed E-state index contributed by atoms with van der Waals surface area (Å²) >= 11 is 6.53. The number of carbonyl (C=O) groups is 1. The summed E-state index contributed by atoms with van der Waals surface area (Å²) in [6, 6.07) is 11.3. The van der Waals surface area contributed by atoms with Gasteiger partial charge in [0, 0.05) is 69.1 Å². The second kappa shape index (κ2) is 8.10. The highest BCUT2D eigenvalue weighted by Crippen LogP contribution is 2.43. The van der Waals surface area contributed by atoms with Gasteiger partial charge >= 0.3 is 6.03 Å². The van der Waals surface area contributed by atoms with Crippen molar-refractivity contribution in [1.29, 1.82) is 0 Å². The number of halogens is 2.